The largest absolute Gasteiger partial charge is 0.498 e. The summed E-state index contributed by atoms with van der Waals surface area (Å²) in [7, 11) is 0. The molecule has 4 atom stereocenters. The molecule has 1 aliphatic carbocycles. The quantitative estimate of drug-likeness (QED) is 0.557. The lowest BCUT2D eigenvalue weighted by molar-refractivity contribution is 0.0798. The summed E-state index contributed by atoms with van der Waals surface area (Å²) >= 11 is 0. The summed E-state index contributed by atoms with van der Waals surface area (Å²) in [6, 6.07) is 0. The summed E-state index contributed by atoms with van der Waals surface area (Å²) in [6.07, 6.45) is 3.98. The molecular formula is C8H12O3. The Balaban J connectivity index is 2.13. The second-order valence-corrected chi connectivity index (χ2v) is 3.23. The van der Waals surface area contributed by atoms with Gasteiger partial charge in [-0.15, -0.1) is 0 Å². The number of hydrogen-bond acceptors (Lipinski definition) is 3. The smallest absolute Gasteiger partial charge is 0.107 e. The second-order valence-electron chi connectivity index (χ2n) is 3.23. The maximum atomic E-state index is 9.42. The van der Waals surface area contributed by atoms with Gasteiger partial charge in [-0.05, 0) is 6.08 Å². The Morgan fingerprint density at radius 1 is 1.55 bits per heavy atom. The Labute approximate surface area is 65.3 Å². The highest BCUT2D eigenvalue weighted by Gasteiger charge is 2.43. The van der Waals surface area contributed by atoms with Crippen LogP contribution in [0.3, 0.4) is 0 Å². The third-order valence-electron chi connectivity index (χ3n) is 2.66. The lowest BCUT2D eigenvalue weighted by Crippen LogP contribution is -2.22. The van der Waals surface area contributed by atoms with E-state index in [4.69, 9.17) is 9.84 Å². The standard InChI is InChI=1S/C8H12O3/c9-4-6-5-1-2-11-8(5)3-7(6)10/h1-2,5-10H,3-4H2/t5-,6-,7-,8+/m1/s1. The van der Waals surface area contributed by atoms with Gasteiger partial charge in [0, 0.05) is 24.9 Å². The molecule has 3 heteroatoms. The van der Waals surface area contributed by atoms with E-state index in [2.05, 4.69) is 0 Å². The summed E-state index contributed by atoms with van der Waals surface area (Å²) in [6.45, 7) is 0.0516. The van der Waals surface area contributed by atoms with Crippen molar-refractivity contribution < 1.29 is 14.9 Å². The number of fused-ring (bicyclic) bond motifs is 1. The van der Waals surface area contributed by atoms with E-state index in [1.54, 1.807) is 6.26 Å². The van der Waals surface area contributed by atoms with E-state index in [0.717, 1.165) is 0 Å². The molecule has 1 heterocycles. The molecule has 0 spiro atoms. The minimum absolute atomic E-state index is 0.0150. The van der Waals surface area contributed by atoms with Crippen LogP contribution in [0, 0.1) is 11.8 Å². The van der Waals surface area contributed by atoms with Crippen LogP contribution in [0.2, 0.25) is 0 Å². The molecule has 1 fully saturated rings. The number of hydrogen-bond donors (Lipinski definition) is 2. The van der Waals surface area contributed by atoms with E-state index in [-0.39, 0.29) is 30.7 Å². The molecule has 1 aliphatic heterocycles. The van der Waals surface area contributed by atoms with Gasteiger partial charge in [-0.25, -0.2) is 0 Å². The highest BCUT2D eigenvalue weighted by atomic mass is 16.5. The molecule has 0 aromatic rings. The number of aliphatic hydroxyl groups is 2. The van der Waals surface area contributed by atoms with E-state index in [1.807, 2.05) is 6.08 Å². The maximum absolute atomic E-state index is 9.42. The molecule has 0 amide bonds. The zero-order valence-corrected chi connectivity index (χ0v) is 6.18. The summed E-state index contributed by atoms with van der Waals surface area (Å²) < 4.78 is 5.23. The van der Waals surface area contributed by atoms with E-state index >= 15 is 0 Å². The zero-order valence-electron chi connectivity index (χ0n) is 6.18. The molecule has 2 N–H and O–H groups in total. The van der Waals surface area contributed by atoms with Gasteiger partial charge in [-0.3, -0.25) is 0 Å². The molecule has 0 aromatic heterocycles. The van der Waals surface area contributed by atoms with Crippen LogP contribution < -0.4 is 0 Å². The topological polar surface area (TPSA) is 49.7 Å². The summed E-state index contributed by atoms with van der Waals surface area (Å²) in [5.74, 6) is 0.216. The van der Waals surface area contributed by atoms with E-state index in [9.17, 15) is 5.11 Å². The molecule has 2 rings (SSSR count). The fourth-order valence-electron chi connectivity index (χ4n) is 2.00. The summed E-state index contributed by atoms with van der Waals surface area (Å²) in [5.41, 5.74) is 0. The molecule has 0 saturated heterocycles. The van der Waals surface area contributed by atoms with E-state index in [0.29, 0.717) is 6.42 Å². The molecule has 0 unspecified atom stereocenters. The van der Waals surface area contributed by atoms with Gasteiger partial charge in [0.25, 0.3) is 0 Å². The summed E-state index contributed by atoms with van der Waals surface area (Å²) in [5, 5.41) is 18.4. The Morgan fingerprint density at radius 2 is 2.36 bits per heavy atom. The lowest BCUT2D eigenvalue weighted by atomic mass is 9.96. The van der Waals surface area contributed by atoms with Crippen LogP contribution >= 0.6 is 0 Å². The van der Waals surface area contributed by atoms with Crippen molar-refractivity contribution in [2.24, 2.45) is 11.8 Å². The number of rotatable bonds is 1. The van der Waals surface area contributed by atoms with Crippen LogP contribution in [0.4, 0.5) is 0 Å². The van der Waals surface area contributed by atoms with E-state index < -0.39 is 0 Å². The fourth-order valence-corrected chi connectivity index (χ4v) is 2.00. The zero-order chi connectivity index (χ0) is 7.84. The first-order valence-corrected chi connectivity index (χ1v) is 3.94. The highest BCUT2D eigenvalue weighted by Crippen LogP contribution is 2.38. The average molecular weight is 156 g/mol. The monoisotopic (exact) mass is 156 g/mol. The van der Waals surface area contributed by atoms with Crippen LogP contribution in [0.1, 0.15) is 6.42 Å². The van der Waals surface area contributed by atoms with Crippen molar-refractivity contribution in [1.82, 2.24) is 0 Å². The molecule has 0 radical (unpaired) electrons. The minimum Gasteiger partial charge on any atom is -0.498 e. The third-order valence-corrected chi connectivity index (χ3v) is 2.66. The Morgan fingerprint density at radius 3 is 3.09 bits per heavy atom. The Bertz CT molecular complexity index is 178. The van der Waals surface area contributed by atoms with Crippen LogP contribution in [-0.4, -0.2) is 29.0 Å². The van der Waals surface area contributed by atoms with Gasteiger partial charge in [0.05, 0.1) is 12.4 Å². The van der Waals surface area contributed by atoms with Crippen molar-refractivity contribution >= 4 is 0 Å². The van der Waals surface area contributed by atoms with Crippen molar-refractivity contribution in [3.8, 4) is 0 Å². The Hall–Kier alpha value is -0.540. The highest BCUT2D eigenvalue weighted by molar-refractivity contribution is 5.05. The molecule has 2 aliphatic rings. The average Bonchev–Trinajstić information content (AvgIpc) is 2.46. The van der Waals surface area contributed by atoms with Gasteiger partial charge in [-0.2, -0.15) is 0 Å². The van der Waals surface area contributed by atoms with Crippen molar-refractivity contribution in [2.75, 3.05) is 6.61 Å². The first-order valence-electron chi connectivity index (χ1n) is 3.94. The van der Waals surface area contributed by atoms with Crippen LogP contribution in [0.25, 0.3) is 0 Å². The number of aliphatic hydroxyl groups excluding tert-OH is 2. The van der Waals surface area contributed by atoms with Crippen LogP contribution in [-0.2, 0) is 4.74 Å². The molecule has 0 bridgehead atoms. The first-order chi connectivity index (χ1) is 5.33. The van der Waals surface area contributed by atoms with Gasteiger partial charge in [-0.1, -0.05) is 0 Å². The molecule has 3 nitrogen and oxygen atoms in total. The van der Waals surface area contributed by atoms with Crippen molar-refractivity contribution in [3.63, 3.8) is 0 Å². The van der Waals surface area contributed by atoms with Gasteiger partial charge < -0.3 is 14.9 Å². The normalized spacial score (nSPS) is 47.5. The molecular weight excluding hydrogens is 144 g/mol. The van der Waals surface area contributed by atoms with Gasteiger partial charge in [0.15, 0.2) is 0 Å². The first kappa shape index (κ1) is 7.13. The molecule has 0 aromatic carbocycles. The van der Waals surface area contributed by atoms with Gasteiger partial charge in [0.1, 0.15) is 6.10 Å². The van der Waals surface area contributed by atoms with Crippen molar-refractivity contribution in [2.45, 2.75) is 18.6 Å². The van der Waals surface area contributed by atoms with E-state index in [1.165, 1.54) is 0 Å². The SMILES string of the molecule is OC[C@@H]1[C@H]2C=CO[C@H]2C[C@H]1O. The Kier molecular flexibility index (Phi) is 1.62. The van der Waals surface area contributed by atoms with Gasteiger partial charge in [0.2, 0.25) is 0 Å². The third kappa shape index (κ3) is 0.957. The van der Waals surface area contributed by atoms with Crippen LogP contribution in [0.5, 0.6) is 0 Å². The van der Waals surface area contributed by atoms with Gasteiger partial charge >= 0.3 is 0 Å². The second kappa shape index (κ2) is 2.50. The summed E-state index contributed by atoms with van der Waals surface area (Å²) in [4.78, 5) is 0. The van der Waals surface area contributed by atoms with Crippen LogP contribution in [0.15, 0.2) is 12.3 Å². The van der Waals surface area contributed by atoms with Crippen molar-refractivity contribution in [3.05, 3.63) is 12.3 Å². The minimum atomic E-state index is -0.389. The number of ether oxygens (including phenoxy) is 1. The molecule has 11 heavy (non-hydrogen) atoms. The molecule has 62 valence electrons. The lowest BCUT2D eigenvalue weighted by Gasteiger charge is -2.14. The van der Waals surface area contributed by atoms with Crippen molar-refractivity contribution in [1.29, 1.82) is 0 Å². The molecule has 1 saturated carbocycles. The fraction of sp³-hybridized carbons (Fsp3) is 0.750. The predicted octanol–water partition coefficient (Wildman–Crippen LogP) is -0.112. The maximum Gasteiger partial charge on any atom is 0.107 e. The predicted molar refractivity (Wildman–Crippen MR) is 38.7 cm³/mol.